The normalized spacial score (nSPS) is 49.7. The van der Waals surface area contributed by atoms with Gasteiger partial charge in [0.1, 0.15) is 11.8 Å². The average molecular weight is 369 g/mol. The van der Waals surface area contributed by atoms with Gasteiger partial charge in [0.05, 0.1) is 6.10 Å². The summed E-state index contributed by atoms with van der Waals surface area (Å²) in [5, 5.41) is 24.0. The van der Waals surface area contributed by atoms with E-state index in [1.54, 1.807) is 0 Å². The number of halogens is 2. The van der Waals surface area contributed by atoms with Crippen LogP contribution in [-0.2, 0) is 0 Å². The zero-order chi connectivity index (χ0) is 19.2. The third kappa shape index (κ3) is 2.96. The first-order valence-corrected chi connectivity index (χ1v) is 9.91. The highest BCUT2D eigenvalue weighted by atomic mass is 19.2. The minimum absolute atomic E-state index is 0.115. The van der Waals surface area contributed by atoms with Crippen LogP contribution in [0, 0.1) is 17.3 Å². The SMILES string of the molecule is CC12C=CCC1[C@@]1(O)CCC3CCC(O)CC3=CC1(F)C(F)C2.CNC. The minimum atomic E-state index is -2.33. The molecule has 3 nitrogen and oxygen atoms in total. The van der Waals surface area contributed by atoms with Crippen LogP contribution in [0.15, 0.2) is 23.8 Å². The highest BCUT2D eigenvalue weighted by Crippen LogP contribution is 2.62. The first-order valence-electron chi connectivity index (χ1n) is 9.91. The van der Waals surface area contributed by atoms with Crippen LogP contribution in [0.2, 0.25) is 0 Å². The smallest absolute Gasteiger partial charge is 0.189 e. The number of aliphatic hydroxyl groups is 2. The summed E-state index contributed by atoms with van der Waals surface area (Å²) in [7, 11) is 3.75. The van der Waals surface area contributed by atoms with E-state index in [-0.39, 0.29) is 18.3 Å². The molecule has 0 radical (unpaired) electrons. The van der Waals surface area contributed by atoms with Crippen molar-refractivity contribution in [1.82, 2.24) is 5.32 Å². The summed E-state index contributed by atoms with van der Waals surface area (Å²) in [6.45, 7) is 1.94. The summed E-state index contributed by atoms with van der Waals surface area (Å²) >= 11 is 0. The molecule has 3 N–H and O–H groups in total. The number of hydrogen-bond donors (Lipinski definition) is 3. The second-order valence-corrected chi connectivity index (χ2v) is 8.95. The van der Waals surface area contributed by atoms with Crippen molar-refractivity contribution in [2.45, 2.75) is 75.4 Å². The van der Waals surface area contributed by atoms with Crippen LogP contribution < -0.4 is 5.32 Å². The molecule has 5 heteroatoms. The van der Waals surface area contributed by atoms with Crippen molar-refractivity contribution in [2.75, 3.05) is 14.1 Å². The van der Waals surface area contributed by atoms with Crippen LogP contribution >= 0.6 is 0 Å². The Morgan fingerprint density at radius 2 is 1.92 bits per heavy atom. The molecule has 2 saturated carbocycles. The zero-order valence-electron chi connectivity index (χ0n) is 16.1. The number of aliphatic hydroxyl groups excluding tert-OH is 1. The van der Waals surface area contributed by atoms with E-state index in [1.807, 2.05) is 33.2 Å². The van der Waals surface area contributed by atoms with Crippen LogP contribution in [0.3, 0.4) is 0 Å². The fraction of sp³-hybridized carbons (Fsp3) is 0.810. The van der Waals surface area contributed by atoms with E-state index in [0.29, 0.717) is 32.1 Å². The molecule has 6 unspecified atom stereocenters. The van der Waals surface area contributed by atoms with Crippen molar-refractivity contribution in [3.05, 3.63) is 23.8 Å². The molecule has 0 heterocycles. The number of hydrogen-bond acceptors (Lipinski definition) is 3. The third-order valence-electron chi connectivity index (χ3n) is 7.09. The Kier molecular flexibility index (Phi) is 5.37. The summed E-state index contributed by atoms with van der Waals surface area (Å²) in [6.07, 6.45) is 6.78. The first kappa shape index (κ1) is 20.0. The second kappa shape index (κ2) is 6.99. The lowest BCUT2D eigenvalue weighted by Crippen LogP contribution is -2.66. The van der Waals surface area contributed by atoms with Crippen molar-refractivity contribution < 1.29 is 19.0 Å². The topological polar surface area (TPSA) is 52.5 Å². The molecule has 4 aliphatic carbocycles. The van der Waals surface area contributed by atoms with Crippen molar-refractivity contribution in [3.63, 3.8) is 0 Å². The fourth-order valence-electron chi connectivity index (χ4n) is 5.75. The highest BCUT2D eigenvalue weighted by molar-refractivity contribution is 5.33. The molecule has 4 rings (SSSR count). The molecule has 2 fully saturated rings. The van der Waals surface area contributed by atoms with Gasteiger partial charge in [-0.2, -0.15) is 0 Å². The molecule has 0 bridgehead atoms. The van der Waals surface area contributed by atoms with E-state index >= 15 is 4.39 Å². The third-order valence-corrected chi connectivity index (χ3v) is 7.09. The molecule has 4 aliphatic rings. The second-order valence-electron chi connectivity index (χ2n) is 8.95. The Morgan fingerprint density at radius 3 is 2.62 bits per heavy atom. The Morgan fingerprint density at radius 1 is 1.23 bits per heavy atom. The maximum absolute atomic E-state index is 16.0. The van der Waals surface area contributed by atoms with Gasteiger partial charge in [-0.25, -0.2) is 8.78 Å². The molecule has 0 aliphatic heterocycles. The first-order chi connectivity index (χ1) is 12.2. The van der Waals surface area contributed by atoms with Gasteiger partial charge < -0.3 is 15.5 Å². The summed E-state index contributed by atoms with van der Waals surface area (Å²) in [6, 6.07) is 0. The monoisotopic (exact) mass is 369 g/mol. The Labute approximate surface area is 155 Å². The van der Waals surface area contributed by atoms with Crippen LogP contribution in [-0.4, -0.2) is 47.9 Å². The molecular weight excluding hydrogens is 336 g/mol. The lowest BCUT2D eigenvalue weighted by atomic mass is 9.55. The van der Waals surface area contributed by atoms with E-state index in [0.717, 1.165) is 12.0 Å². The number of rotatable bonds is 0. The van der Waals surface area contributed by atoms with E-state index in [9.17, 15) is 14.6 Å². The zero-order valence-corrected chi connectivity index (χ0v) is 16.1. The summed E-state index contributed by atoms with van der Waals surface area (Å²) in [5.74, 6) is -0.0950. The predicted octanol–water partition coefficient (Wildman–Crippen LogP) is 3.47. The number of fused-ring (bicyclic) bond motifs is 4. The lowest BCUT2D eigenvalue weighted by molar-refractivity contribution is -0.202. The van der Waals surface area contributed by atoms with Gasteiger partial charge in [0.25, 0.3) is 0 Å². The van der Waals surface area contributed by atoms with Gasteiger partial charge in [-0.05, 0) is 76.5 Å². The molecule has 148 valence electrons. The van der Waals surface area contributed by atoms with Crippen molar-refractivity contribution in [3.8, 4) is 0 Å². The van der Waals surface area contributed by atoms with Gasteiger partial charge in [-0.3, -0.25) is 0 Å². The van der Waals surface area contributed by atoms with Crippen LogP contribution in [0.25, 0.3) is 0 Å². The molecule has 0 spiro atoms. The molecule has 0 saturated heterocycles. The van der Waals surface area contributed by atoms with E-state index in [1.165, 1.54) is 6.08 Å². The Bertz CT molecular complexity index is 595. The van der Waals surface area contributed by atoms with Crippen LogP contribution in [0.5, 0.6) is 0 Å². The van der Waals surface area contributed by atoms with Crippen molar-refractivity contribution >= 4 is 0 Å². The molecule has 0 amide bonds. The van der Waals surface area contributed by atoms with Gasteiger partial charge in [-0.1, -0.05) is 24.6 Å². The largest absolute Gasteiger partial charge is 0.393 e. The lowest BCUT2D eigenvalue weighted by Gasteiger charge is -2.55. The highest BCUT2D eigenvalue weighted by Gasteiger charge is 2.68. The number of alkyl halides is 2. The molecule has 26 heavy (non-hydrogen) atoms. The molecule has 7 atom stereocenters. The van der Waals surface area contributed by atoms with E-state index in [2.05, 4.69) is 5.32 Å². The van der Waals surface area contributed by atoms with Crippen LogP contribution in [0.1, 0.15) is 51.9 Å². The van der Waals surface area contributed by atoms with Gasteiger partial charge >= 0.3 is 0 Å². The molecule has 0 aromatic rings. The Balaban J connectivity index is 0.000000613. The average Bonchev–Trinajstić information content (AvgIpc) is 2.90. The minimum Gasteiger partial charge on any atom is -0.393 e. The molecule has 0 aromatic carbocycles. The van der Waals surface area contributed by atoms with Gasteiger partial charge in [-0.15, -0.1) is 0 Å². The molecular formula is C21H33F2NO2. The van der Waals surface area contributed by atoms with Crippen molar-refractivity contribution in [2.24, 2.45) is 17.3 Å². The standard InChI is InChI=1S/C19H26F2O2.C2H7N/c1-17-7-2-3-15(17)19(23)8-6-12-4-5-14(22)9-13(12)10-18(19,21)16(20)11-17;1-3-2/h2,7,10,12,14-16,22-23H,3-6,8-9,11H2,1H3;3H,1-2H3/t12?,14?,15?,16?,17?,18?,19-;/m0./s1. The van der Waals surface area contributed by atoms with Gasteiger partial charge in [0, 0.05) is 5.92 Å². The maximum atomic E-state index is 16.0. The molecule has 0 aromatic heterocycles. The quantitative estimate of drug-likeness (QED) is 0.573. The van der Waals surface area contributed by atoms with Gasteiger partial charge in [0.15, 0.2) is 5.67 Å². The Hall–Kier alpha value is -0.780. The van der Waals surface area contributed by atoms with E-state index in [4.69, 9.17) is 0 Å². The van der Waals surface area contributed by atoms with Crippen molar-refractivity contribution in [1.29, 1.82) is 0 Å². The fourth-order valence-corrected chi connectivity index (χ4v) is 5.75. The van der Waals surface area contributed by atoms with Crippen LogP contribution in [0.4, 0.5) is 8.78 Å². The maximum Gasteiger partial charge on any atom is 0.189 e. The number of allylic oxidation sites excluding steroid dienone is 2. The van der Waals surface area contributed by atoms with Gasteiger partial charge in [0.2, 0.25) is 0 Å². The predicted molar refractivity (Wildman–Crippen MR) is 99.3 cm³/mol. The number of nitrogens with one attached hydrogen (secondary N) is 1. The summed E-state index contributed by atoms with van der Waals surface area (Å²) in [4.78, 5) is 0. The van der Waals surface area contributed by atoms with E-state index < -0.39 is 29.0 Å². The summed E-state index contributed by atoms with van der Waals surface area (Å²) < 4.78 is 30.9. The summed E-state index contributed by atoms with van der Waals surface area (Å²) in [5.41, 5.74) is -3.63.